The number of nitrogens with one attached hydrogen (secondary N) is 1. The lowest BCUT2D eigenvalue weighted by atomic mass is 9.90. The van der Waals surface area contributed by atoms with Crippen LogP contribution in [0.3, 0.4) is 0 Å². The van der Waals surface area contributed by atoms with Gasteiger partial charge in [0.1, 0.15) is 5.82 Å². The van der Waals surface area contributed by atoms with Gasteiger partial charge in [-0.1, -0.05) is 32.9 Å². The molecule has 0 aromatic heterocycles. The molecule has 0 aliphatic heterocycles. The summed E-state index contributed by atoms with van der Waals surface area (Å²) < 4.78 is 13.3. The van der Waals surface area contributed by atoms with Crippen LogP contribution < -0.4 is 5.32 Å². The monoisotopic (exact) mass is 271 g/mol. The fraction of sp³-hybridized carbons (Fsp3) is 0.500. The van der Waals surface area contributed by atoms with Crippen LogP contribution in [-0.4, -0.2) is 17.8 Å². The highest BCUT2D eigenvalue weighted by atomic mass is 35.5. The Morgan fingerprint density at radius 3 is 2.56 bits per heavy atom. The van der Waals surface area contributed by atoms with Gasteiger partial charge >= 0.3 is 0 Å². The van der Waals surface area contributed by atoms with Crippen LogP contribution in [0.2, 0.25) is 0 Å². The number of halogens is 2. The smallest absolute Gasteiger partial charge is 0.254 e. The number of carbonyl (C=O) groups is 1. The predicted octanol–water partition coefficient (Wildman–Crippen LogP) is 3.60. The fourth-order valence-corrected chi connectivity index (χ4v) is 2.22. The second-order valence-electron chi connectivity index (χ2n) is 5.55. The van der Waals surface area contributed by atoms with Crippen LogP contribution in [-0.2, 0) is 0 Å². The van der Waals surface area contributed by atoms with Crippen LogP contribution >= 0.6 is 11.6 Å². The molecule has 0 aliphatic rings. The molecule has 1 N–H and O–H groups in total. The van der Waals surface area contributed by atoms with Crippen LogP contribution in [0.1, 0.15) is 37.6 Å². The summed E-state index contributed by atoms with van der Waals surface area (Å²) in [5, 5.41) is 2.50. The predicted molar refractivity (Wildman–Crippen MR) is 72.4 cm³/mol. The maximum absolute atomic E-state index is 13.3. The number of alkyl halides is 1. The molecule has 4 heteroatoms. The highest BCUT2D eigenvalue weighted by molar-refractivity contribution is 6.21. The van der Waals surface area contributed by atoms with E-state index < -0.39 is 11.7 Å². The van der Waals surface area contributed by atoms with Gasteiger partial charge in [0.15, 0.2) is 0 Å². The standard InChI is InChI=1S/C14H19ClFNO/c1-14(2,3)8-10(15)9-17-13(18)11-6-4-5-7-12(11)16/h4-7,10H,8-9H2,1-3H3,(H,17,18). The number of carbonyl (C=O) groups excluding carboxylic acids is 1. The fourth-order valence-electron chi connectivity index (χ4n) is 1.68. The van der Waals surface area contributed by atoms with E-state index in [2.05, 4.69) is 26.1 Å². The Morgan fingerprint density at radius 2 is 2.00 bits per heavy atom. The molecule has 1 atom stereocenters. The van der Waals surface area contributed by atoms with Gasteiger partial charge in [-0.2, -0.15) is 0 Å². The van der Waals surface area contributed by atoms with Crippen molar-refractivity contribution in [2.24, 2.45) is 5.41 Å². The summed E-state index contributed by atoms with van der Waals surface area (Å²) in [7, 11) is 0. The van der Waals surface area contributed by atoms with E-state index in [1.807, 2.05) is 0 Å². The minimum atomic E-state index is -0.517. The molecule has 0 fully saturated rings. The molecule has 18 heavy (non-hydrogen) atoms. The average Bonchev–Trinajstić information content (AvgIpc) is 2.24. The van der Waals surface area contributed by atoms with Crippen molar-refractivity contribution in [1.82, 2.24) is 5.32 Å². The summed E-state index contributed by atoms with van der Waals surface area (Å²) in [5.74, 6) is -0.940. The molecule has 2 nitrogen and oxygen atoms in total. The lowest BCUT2D eigenvalue weighted by Gasteiger charge is -2.22. The molecule has 0 radical (unpaired) electrons. The molecule has 1 amide bonds. The highest BCUT2D eigenvalue weighted by Crippen LogP contribution is 2.23. The zero-order valence-corrected chi connectivity index (χ0v) is 11.7. The first-order valence-electron chi connectivity index (χ1n) is 5.96. The summed E-state index contributed by atoms with van der Waals surface area (Å²) >= 11 is 6.13. The lowest BCUT2D eigenvalue weighted by molar-refractivity contribution is 0.0948. The lowest BCUT2D eigenvalue weighted by Crippen LogP contribution is -2.32. The number of benzene rings is 1. The molecule has 1 aromatic carbocycles. The molecule has 0 aliphatic carbocycles. The molecule has 1 rings (SSSR count). The second-order valence-corrected chi connectivity index (χ2v) is 6.17. The molecule has 1 aromatic rings. The first kappa shape index (κ1) is 15.0. The minimum Gasteiger partial charge on any atom is -0.350 e. The Morgan fingerprint density at radius 1 is 1.39 bits per heavy atom. The van der Waals surface area contributed by atoms with E-state index in [9.17, 15) is 9.18 Å². The summed E-state index contributed by atoms with van der Waals surface area (Å²) in [6.45, 7) is 6.59. The van der Waals surface area contributed by atoms with Crippen molar-refractivity contribution in [3.63, 3.8) is 0 Å². The number of amides is 1. The van der Waals surface area contributed by atoms with Crippen LogP contribution in [0, 0.1) is 11.2 Å². The van der Waals surface area contributed by atoms with Gasteiger partial charge in [-0.15, -0.1) is 11.6 Å². The third-order valence-corrected chi connectivity index (χ3v) is 2.75. The van der Waals surface area contributed by atoms with Crippen molar-refractivity contribution in [3.05, 3.63) is 35.6 Å². The topological polar surface area (TPSA) is 29.1 Å². The van der Waals surface area contributed by atoms with E-state index >= 15 is 0 Å². The van der Waals surface area contributed by atoms with E-state index in [1.165, 1.54) is 12.1 Å². The van der Waals surface area contributed by atoms with Crippen molar-refractivity contribution in [2.45, 2.75) is 32.6 Å². The molecule has 0 spiro atoms. The van der Waals surface area contributed by atoms with Gasteiger partial charge in [0.25, 0.3) is 5.91 Å². The SMILES string of the molecule is CC(C)(C)CC(Cl)CNC(=O)c1ccccc1F. The van der Waals surface area contributed by atoms with Crippen LogP contribution in [0.4, 0.5) is 4.39 Å². The van der Waals surface area contributed by atoms with Gasteiger partial charge in [0, 0.05) is 6.54 Å². The van der Waals surface area contributed by atoms with Crippen LogP contribution in [0.5, 0.6) is 0 Å². The summed E-state index contributed by atoms with van der Waals surface area (Å²) in [4.78, 5) is 11.7. The van der Waals surface area contributed by atoms with E-state index in [0.717, 1.165) is 6.42 Å². The van der Waals surface area contributed by atoms with Gasteiger partial charge in [0.05, 0.1) is 10.9 Å². The normalized spacial score (nSPS) is 13.2. The third-order valence-electron chi connectivity index (χ3n) is 2.44. The summed E-state index contributed by atoms with van der Waals surface area (Å²) in [6, 6.07) is 5.90. The number of hydrogen-bond acceptors (Lipinski definition) is 1. The molecule has 1 unspecified atom stereocenters. The molecule has 0 saturated heterocycles. The van der Waals surface area contributed by atoms with Crippen LogP contribution in [0.15, 0.2) is 24.3 Å². The van der Waals surface area contributed by atoms with Gasteiger partial charge in [-0.05, 0) is 24.0 Å². The zero-order chi connectivity index (χ0) is 13.8. The number of hydrogen-bond donors (Lipinski definition) is 1. The first-order valence-corrected chi connectivity index (χ1v) is 6.40. The van der Waals surface area contributed by atoms with Gasteiger partial charge in [-0.3, -0.25) is 4.79 Å². The van der Waals surface area contributed by atoms with Crippen molar-refractivity contribution in [3.8, 4) is 0 Å². The first-order chi connectivity index (χ1) is 8.29. The molecule has 0 saturated carbocycles. The van der Waals surface area contributed by atoms with E-state index in [1.54, 1.807) is 12.1 Å². The Bertz CT molecular complexity index is 415. The highest BCUT2D eigenvalue weighted by Gasteiger charge is 2.18. The van der Waals surface area contributed by atoms with E-state index in [4.69, 9.17) is 11.6 Å². The maximum atomic E-state index is 13.3. The third kappa shape index (κ3) is 5.05. The largest absolute Gasteiger partial charge is 0.350 e. The molecule has 0 heterocycles. The van der Waals surface area contributed by atoms with E-state index in [0.29, 0.717) is 6.54 Å². The van der Waals surface area contributed by atoms with Crippen molar-refractivity contribution < 1.29 is 9.18 Å². The minimum absolute atomic E-state index is 0.0529. The molecule has 0 bridgehead atoms. The molecule has 100 valence electrons. The Balaban J connectivity index is 2.50. The quantitative estimate of drug-likeness (QED) is 0.833. The maximum Gasteiger partial charge on any atom is 0.254 e. The summed E-state index contributed by atoms with van der Waals surface area (Å²) in [6.07, 6.45) is 0.784. The molecular formula is C14H19ClFNO. The Kier molecular flexibility index (Phi) is 5.15. The second kappa shape index (κ2) is 6.19. The number of rotatable bonds is 4. The summed E-state index contributed by atoms with van der Waals surface area (Å²) in [5.41, 5.74) is 0.159. The molecular weight excluding hydrogens is 253 g/mol. The van der Waals surface area contributed by atoms with E-state index in [-0.39, 0.29) is 16.4 Å². The van der Waals surface area contributed by atoms with Crippen molar-refractivity contribution in [2.75, 3.05) is 6.54 Å². The van der Waals surface area contributed by atoms with Crippen molar-refractivity contribution >= 4 is 17.5 Å². The average molecular weight is 272 g/mol. The van der Waals surface area contributed by atoms with Crippen molar-refractivity contribution in [1.29, 1.82) is 0 Å². The van der Waals surface area contributed by atoms with Gasteiger partial charge in [0.2, 0.25) is 0 Å². The van der Waals surface area contributed by atoms with Crippen LogP contribution in [0.25, 0.3) is 0 Å². The zero-order valence-electron chi connectivity index (χ0n) is 11.0. The van der Waals surface area contributed by atoms with Gasteiger partial charge in [-0.25, -0.2) is 4.39 Å². The Labute approximate surface area is 113 Å². The Hall–Kier alpha value is -1.09. The van der Waals surface area contributed by atoms with Gasteiger partial charge < -0.3 is 5.32 Å².